The van der Waals surface area contributed by atoms with Crippen molar-refractivity contribution in [1.82, 2.24) is 25.2 Å². The molecule has 0 spiro atoms. The molecule has 10 heteroatoms. The second kappa shape index (κ2) is 10.3. The van der Waals surface area contributed by atoms with E-state index in [2.05, 4.69) is 20.3 Å². The summed E-state index contributed by atoms with van der Waals surface area (Å²) < 4.78 is 21.6. The second-order valence-electron chi connectivity index (χ2n) is 9.29. The Bertz CT molecular complexity index is 1370. The Morgan fingerprint density at radius 2 is 1.86 bits per heavy atom. The molecular formula is C27H29N5O5. The third kappa shape index (κ3) is 4.83. The maximum absolute atomic E-state index is 13.0. The molecule has 1 amide bonds. The number of piperazine rings is 1. The van der Waals surface area contributed by atoms with E-state index in [1.54, 1.807) is 7.11 Å². The van der Waals surface area contributed by atoms with Gasteiger partial charge in [0.05, 0.1) is 31.4 Å². The lowest BCUT2D eigenvalue weighted by Gasteiger charge is -2.42. The summed E-state index contributed by atoms with van der Waals surface area (Å²) in [5, 5.41) is 12.6. The summed E-state index contributed by atoms with van der Waals surface area (Å²) in [6.07, 6.45) is 0. The Hall–Kier alpha value is -3.73. The van der Waals surface area contributed by atoms with Crippen molar-refractivity contribution in [2.45, 2.75) is 6.04 Å². The van der Waals surface area contributed by atoms with Crippen molar-refractivity contribution < 1.29 is 23.5 Å². The van der Waals surface area contributed by atoms with E-state index in [4.69, 9.17) is 18.7 Å². The first-order valence-corrected chi connectivity index (χ1v) is 12.5. The number of methoxy groups -OCH3 is 1. The largest absolute Gasteiger partial charge is 0.491 e. The molecule has 10 nitrogen and oxygen atoms in total. The smallest absolute Gasteiger partial charge is 0.253 e. The molecule has 4 heterocycles. The minimum absolute atomic E-state index is 0.0606. The predicted octanol–water partition coefficient (Wildman–Crippen LogP) is 3.07. The van der Waals surface area contributed by atoms with Gasteiger partial charge in [-0.15, -0.1) is 0 Å². The number of hydrogen-bond donors (Lipinski definition) is 1. The van der Waals surface area contributed by atoms with E-state index in [1.807, 2.05) is 53.4 Å². The van der Waals surface area contributed by atoms with Crippen LogP contribution >= 0.6 is 0 Å². The number of fused-ring (bicyclic) bond motifs is 1. The molecule has 192 valence electrons. The summed E-state index contributed by atoms with van der Waals surface area (Å²) in [6.45, 7) is 5.88. The average Bonchev–Trinajstić information content (AvgIpc) is 3.55. The molecule has 0 atom stereocenters. The van der Waals surface area contributed by atoms with E-state index in [9.17, 15) is 4.79 Å². The number of carbonyl (C=O) groups excluding carboxylic acids is 1. The normalized spacial score (nSPS) is 16.7. The minimum atomic E-state index is 0.0606. The van der Waals surface area contributed by atoms with Gasteiger partial charge in [-0.1, -0.05) is 17.3 Å². The van der Waals surface area contributed by atoms with Gasteiger partial charge in [0, 0.05) is 61.9 Å². The quantitative estimate of drug-likeness (QED) is 0.366. The Morgan fingerprint density at radius 1 is 1.05 bits per heavy atom. The zero-order chi connectivity index (χ0) is 25.2. The number of aromatic nitrogens is 3. The van der Waals surface area contributed by atoms with E-state index < -0.39 is 0 Å². The highest BCUT2D eigenvalue weighted by atomic mass is 16.5. The highest BCUT2D eigenvalue weighted by Crippen LogP contribution is 2.31. The number of carbonyl (C=O) groups is 1. The van der Waals surface area contributed by atoms with Crippen LogP contribution in [0.4, 0.5) is 0 Å². The van der Waals surface area contributed by atoms with Crippen molar-refractivity contribution in [3.63, 3.8) is 0 Å². The van der Waals surface area contributed by atoms with Crippen LogP contribution < -0.4 is 4.74 Å². The fourth-order valence-electron chi connectivity index (χ4n) is 4.73. The SMILES string of the molecule is COCCOc1ccc2c(-c3cc(-c4ccc(C(=O)N5CCN(C6COC6)CC5)cc4)no3)n[nH]c2c1. The second-order valence-corrected chi connectivity index (χ2v) is 9.29. The number of aromatic amines is 1. The van der Waals surface area contributed by atoms with Crippen LogP contribution in [0.25, 0.3) is 33.6 Å². The number of amides is 1. The van der Waals surface area contributed by atoms with Crippen molar-refractivity contribution in [1.29, 1.82) is 0 Å². The molecule has 0 radical (unpaired) electrons. The maximum Gasteiger partial charge on any atom is 0.253 e. The molecule has 0 saturated carbocycles. The van der Waals surface area contributed by atoms with Crippen molar-refractivity contribution in [3.8, 4) is 28.5 Å². The summed E-state index contributed by atoms with van der Waals surface area (Å²) >= 11 is 0. The Labute approximate surface area is 214 Å². The van der Waals surface area contributed by atoms with Gasteiger partial charge < -0.3 is 23.6 Å². The lowest BCUT2D eigenvalue weighted by Crippen LogP contribution is -2.57. The lowest BCUT2D eigenvalue weighted by atomic mass is 10.1. The van der Waals surface area contributed by atoms with Gasteiger partial charge in [-0.3, -0.25) is 14.8 Å². The van der Waals surface area contributed by atoms with Gasteiger partial charge in [0.2, 0.25) is 0 Å². The summed E-state index contributed by atoms with van der Waals surface area (Å²) in [5.41, 5.74) is 3.75. The van der Waals surface area contributed by atoms with Gasteiger partial charge in [-0.2, -0.15) is 5.10 Å². The van der Waals surface area contributed by atoms with Crippen molar-refractivity contribution in [2.24, 2.45) is 0 Å². The number of nitrogens with zero attached hydrogens (tertiary/aromatic N) is 4. The predicted molar refractivity (Wildman–Crippen MR) is 136 cm³/mol. The zero-order valence-electron chi connectivity index (χ0n) is 20.7. The Morgan fingerprint density at radius 3 is 2.59 bits per heavy atom. The van der Waals surface area contributed by atoms with E-state index >= 15 is 0 Å². The topological polar surface area (TPSA) is 106 Å². The summed E-state index contributed by atoms with van der Waals surface area (Å²) in [7, 11) is 1.64. The van der Waals surface area contributed by atoms with Crippen LogP contribution in [0, 0.1) is 0 Å². The van der Waals surface area contributed by atoms with Gasteiger partial charge in [0.15, 0.2) is 5.76 Å². The summed E-state index contributed by atoms with van der Waals surface area (Å²) in [5.74, 6) is 1.36. The number of hydrogen-bond acceptors (Lipinski definition) is 8. The fourth-order valence-corrected chi connectivity index (χ4v) is 4.73. The molecule has 2 fully saturated rings. The number of rotatable bonds is 8. The Kier molecular flexibility index (Phi) is 6.60. The van der Waals surface area contributed by atoms with E-state index in [-0.39, 0.29) is 5.91 Å². The molecule has 2 aromatic carbocycles. The summed E-state index contributed by atoms with van der Waals surface area (Å²) in [4.78, 5) is 17.4. The first-order valence-electron chi connectivity index (χ1n) is 12.5. The molecule has 37 heavy (non-hydrogen) atoms. The lowest BCUT2D eigenvalue weighted by molar-refractivity contribution is -0.0746. The van der Waals surface area contributed by atoms with Crippen LogP contribution in [0.1, 0.15) is 10.4 Å². The van der Waals surface area contributed by atoms with Crippen LogP contribution in [-0.2, 0) is 9.47 Å². The van der Waals surface area contributed by atoms with E-state index in [0.717, 1.165) is 61.6 Å². The molecule has 1 N–H and O–H groups in total. The number of ether oxygens (including phenoxy) is 3. The van der Waals surface area contributed by atoms with Gasteiger partial charge >= 0.3 is 0 Å². The van der Waals surface area contributed by atoms with Crippen molar-refractivity contribution in [3.05, 3.63) is 54.1 Å². The number of H-pyrrole nitrogens is 1. The molecule has 4 aromatic rings. The van der Waals surface area contributed by atoms with Gasteiger partial charge in [0.25, 0.3) is 5.91 Å². The Balaban J connectivity index is 1.12. The number of nitrogens with one attached hydrogen (secondary N) is 1. The highest BCUT2D eigenvalue weighted by Gasteiger charge is 2.30. The van der Waals surface area contributed by atoms with Crippen LogP contribution in [-0.4, -0.2) is 96.8 Å². The molecule has 0 bridgehead atoms. The third-order valence-corrected chi connectivity index (χ3v) is 7.00. The molecule has 2 aliphatic heterocycles. The summed E-state index contributed by atoms with van der Waals surface area (Å²) in [6, 6.07) is 15.6. The van der Waals surface area contributed by atoms with Crippen molar-refractivity contribution in [2.75, 3.05) is 59.7 Å². The van der Waals surface area contributed by atoms with Crippen LogP contribution in [0.2, 0.25) is 0 Å². The van der Waals surface area contributed by atoms with Crippen LogP contribution in [0.3, 0.4) is 0 Å². The first kappa shape index (κ1) is 23.7. The molecule has 2 aromatic heterocycles. The molecule has 0 aliphatic carbocycles. The van der Waals surface area contributed by atoms with Gasteiger partial charge in [0.1, 0.15) is 23.7 Å². The standard InChI is InChI=1S/C27H29N5O5/c1-34-12-13-36-21-6-7-22-24(14-21)28-29-26(22)25-15-23(30-37-25)18-2-4-19(5-3-18)27(33)32-10-8-31(9-11-32)20-16-35-17-20/h2-7,14-15,20H,8-13,16-17H2,1H3,(H,28,29). The monoisotopic (exact) mass is 503 g/mol. The van der Waals surface area contributed by atoms with Gasteiger partial charge in [-0.05, 0) is 24.3 Å². The fraction of sp³-hybridized carbons (Fsp3) is 0.370. The zero-order valence-corrected chi connectivity index (χ0v) is 20.7. The molecule has 0 unspecified atom stereocenters. The average molecular weight is 504 g/mol. The van der Waals surface area contributed by atoms with Crippen molar-refractivity contribution >= 4 is 16.8 Å². The van der Waals surface area contributed by atoms with Gasteiger partial charge in [-0.25, -0.2) is 0 Å². The van der Waals surface area contributed by atoms with E-state index in [1.165, 1.54) is 0 Å². The van der Waals surface area contributed by atoms with Crippen LogP contribution in [0.5, 0.6) is 5.75 Å². The molecule has 6 rings (SSSR count). The third-order valence-electron chi connectivity index (χ3n) is 7.00. The van der Waals surface area contributed by atoms with Crippen LogP contribution in [0.15, 0.2) is 53.1 Å². The number of benzene rings is 2. The highest BCUT2D eigenvalue weighted by molar-refractivity contribution is 5.95. The van der Waals surface area contributed by atoms with E-state index in [0.29, 0.717) is 42.0 Å². The molecule has 2 aliphatic rings. The maximum atomic E-state index is 13.0. The first-order chi connectivity index (χ1) is 18.2. The molecular weight excluding hydrogens is 474 g/mol. The molecule has 2 saturated heterocycles. The minimum Gasteiger partial charge on any atom is -0.491 e.